The highest BCUT2D eigenvalue weighted by atomic mass is 32.2. The lowest BCUT2D eigenvalue weighted by Gasteiger charge is -2.19. The molecule has 0 spiro atoms. The highest BCUT2D eigenvalue weighted by molar-refractivity contribution is 8.00. The second kappa shape index (κ2) is 5.81. The van der Waals surface area contributed by atoms with Crippen molar-refractivity contribution in [1.82, 2.24) is 10.2 Å². The second-order valence-corrected chi connectivity index (χ2v) is 6.24. The Balaban J connectivity index is 2.03. The van der Waals surface area contributed by atoms with Crippen molar-refractivity contribution >= 4 is 23.5 Å². The van der Waals surface area contributed by atoms with E-state index in [0.29, 0.717) is 11.6 Å². The number of aromatic amines is 1. The third kappa shape index (κ3) is 2.90. The van der Waals surface area contributed by atoms with Crippen LogP contribution in [0.15, 0.2) is 30.5 Å². The van der Waals surface area contributed by atoms with Crippen LogP contribution >= 0.6 is 11.8 Å². The number of benzene rings is 1. The normalized spacial score (nSPS) is 18.0. The fourth-order valence-corrected chi connectivity index (χ4v) is 3.46. The first-order valence-corrected chi connectivity index (χ1v) is 7.90. The number of carbonyl (C=O) groups is 1. The molecule has 2 N–H and O–H groups in total. The van der Waals surface area contributed by atoms with E-state index >= 15 is 0 Å². The first kappa shape index (κ1) is 14.0. The van der Waals surface area contributed by atoms with Gasteiger partial charge in [0.25, 0.3) is 0 Å². The van der Waals surface area contributed by atoms with Crippen LogP contribution in [0.1, 0.15) is 30.2 Å². The van der Waals surface area contributed by atoms with Gasteiger partial charge in [0, 0.05) is 11.1 Å². The molecule has 2 aromatic rings. The van der Waals surface area contributed by atoms with Gasteiger partial charge in [-0.05, 0) is 19.9 Å². The summed E-state index contributed by atoms with van der Waals surface area (Å²) in [5, 5.41) is 9.77. The van der Waals surface area contributed by atoms with Crippen LogP contribution in [-0.4, -0.2) is 28.0 Å². The van der Waals surface area contributed by atoms with E-state index in [1.54, 1.807) is 18.0 Å². The first-order valence-electron chi connectivity index (χ1n) is 6.85. The zero-order valence-corrected chi connectivity index (χ0v) is 12.7. The molecule has 21 heavy (non-hydrogen) atoms. The fraction of sp³-hybridized carbons (Fsp3) is 0.333. The molecule has 0 fully saturated rings. The predicted octanol–water partition coefficient (Wildman–Crippen LogP) is 2.97. The van der Waals surface area contributed by atoms with E-state index in [0.717, 1.165) is 16.9 Å². The van der Waals surface area contributed by atoms with Gasteiger partial charge in [-0.1, -0.05) is 18.2 Å². The van der Waals surface area contributed by atoms with E-state index in [2.05, 4.69) is 15.5 Å². The summed E-state index contributed by atoms with van der Waals surface area (Å²) in [6.45, 7) is 4.01. The molecule has 3 rings (SSSR count). The molecular weight excluding hydrogens is 286 g/mol. The van der Waals surface area contributed by atoms with Crippen molar-refractivity contribution in [1.29, 1.82) is 0 Å². The van der Waals surface area contributed by atoms with E-state index in [9.17, 15) is 4.79 Å². The second-order valence-electron chi connectivity index (χ2n) is 5.14. The monoisotopic (exact) mass is 303 g/mol. The number of nitrogens with zero attached hydrogens (tertiary/aromatic N) is 1. The molecule has 1 atom stereocenters. The molecule has 6 heteroatoms. The van der Waals surface area contributed by atoms with Crippen molar-refractivity contribution in [3.8, 4) is 5.75 Å². The van der Waals surface area contributed by atoms with Crippen LogP contribution < -0.4 is 10.1 Å². The number of ether oxygens (including phenoxy) is 1. The minimum Gasteiger partial charge on any atom is -0.491 e. The lowest BCUT2D eigenvalue weighted by Crippen LogP contribution is -2.12. The molecule has 110 valence electrons. The third-order valence-electron chi connectivity index (χ3n) is 3.16. The van der Waals surface area contributed by atoms with Gasteiger partial charge in [-0.3, -0.25) is 9.89 Å². The summed E-state index contributed by atoms with van der Waals surface area (Å²) in [7, 11) is 0. The Morgan fingerprint density at radius 2 is 2.14 bits per heavy atom. The molecule has 2 heterocycles. The third-order valence-corrected chi connectivity index (χ3v) is 4.43. The standard InChI is InChI=1S/C15H17N3O2S/c1-9(2)20-12-6-4-3-5-10(12)14-11-7-16-18-15(11)17-13(19)8-21-14/h3-7,9,14H,8H2,1-2H3,(H2,16,17,18,19)/t14-/m0/s1. The Morgan fingerprint density at radius 1 is 1.33 bits per heavy atom. The number of hydrogen-bond donors (Lipinski definition) is 2. The smallest absolute Gasteiger partial charge is 0.235 e. The molecule has 1 aromatic carbocycles. The minimum absolute atomic E-state index is 0.0183. The first-order chi connectivity index (χ1) is 10.1. The van der Waals surface area contributed by atoms with Gasteiger partial charge in [0.2, 0.25) is 5.91 Å². The number of anilines is 1. The van der Waals surface area contributed by atoms with Crippen LogP contribution in [0.3, 0.4) is 0 Å². The zero-order chi connectivity index (χ0) is 14.8. The molecule has 1 aromatic heterocycles. The Labute approximate surface area is 127 Å². The highest BCUT2D eigenvalue weighted by Crippen LogP contribution is 2.43. The Hall–Kier alpha value is -1.95. The molecule has 0 saturated heterocycles. The van der Waals surface area contributed by atoms with Gasteiger partial charge in [-0.2, -0.15) is 5.10 Å². The minimum atomic E-state index is -0.0183. The van der Waals surface area contributed by atoms with E-state index in [1.165, 1.54) is 0 Å². The quantitative estimate of drug-likeness (QED) is 0.915. The molecule has 1 aliphatic heterocycles. The number of nitrogens with one attached hydrogen (secondary N) is 2. The number of para-hydroxylation sites is 1. The maximum Gasteiger partial charge on any atom is 0.235 e. The maximum absolute atomic E-state index is 11.8. The topological polar surface area (TPSA) is 67.0 Å². The van der Waals surface area contributed by atoms with E-state index in [1.807, 2.05) is 38.1 Å². The van der Waals surface area contributed by atoms with Gasteiger partial charge in [-0.25, -0.2) is 0 Å². The van der Waals surface area contributed by atoms with Crippen molar-refractivity contribution in [2.45, 2.75) is 25.2 Å². The average Bonchev–Trinajstić information content (AvgIpc) is 2.82. The van der Waals surface area contributed by atoms with E-state index < -0.39 is 0 Å². The number of amides is 1. The zero-order valence-electron chi connectivity index (χ0n) is 11.9. The van der Waals surface area contributed by atoms with Gasteiger partial charge >= 0.3 is 0 Å². The van der Waals surface area contributed by atoms with Crippen LogP contribution in [0, 0.1) is 0 Å². The van der Waals surface area contributed by atoms with Gasteiger partial charge in [0.1, 0.15) is 11.6 Å². The summed E-state index contributed by atoms with van der Waals surface area (Å²) in [6.07, 6.45) is 1.87. The largest absolute Gasteiger partial charge is 0.491 e. The number of hydrogen-bond acceptors (Lipinski definition) is 4. The molecule has 5 nitrogen and oxygen atoms in total. The Morgan fingerprint density at radius 3 is 2.95 bits per heavy atom. The molecule has 0 radical (unpaired) electrons. The van der Waals surface area contributed by atoms with Gasteiger partial charge < -0.3 is 10.1 Å². The van der Waals surface area contributed by atoms with Crippen molar-refractivity contribution in [3.63, 3.8) is 0 Å². The number of H-pyrrole nitrogens is 1. The summed E-state index contributed by atoms with van der Waals surface area (Å²) in [5.41, 5.74) is 2.04. The van der Waals surface area contributed by atoms with Crippen molar-refractivity contribution < 1.29 is 9.53 Å². The summed E-state index contributed by atoms with van der Waals surface area (Å²) < 4.78 is 5.91. The van der Waals surface area contributed by atoms with Crippen LogP contribution in [0.4, 0.5) is 5.82 Å². The lowest BCUT2D eigenvalue weighted by atomic mass is 10.1. The maximum atomic E-state index is 11.8. The van der Waals surface area contributed by atoms with Crippen molar-refractivity contribution in [2.75, 3.05) is 11.1 Å². The predicted molar refractivity (Wildman–Crippen MR) is 83.7 cm³/mol. The summed E-state index contributed by atoms with van der Waals surface area (Å²) in [4.78, 5) is 11.8. The molecule has 0 saturated carbocycles. The molecular formula is C15H17N3O2S. The number of thioether (sulfide) groups is 1. The van der Waals surface area contributed by atoms with Crippen LogP contribution in [0.5, 0.6) is 5.75 Å². The number of aromatic nitrogens is 2. The van der Waals surface area contributed by atoms with Crippen molar-refractivity contribution in [3.05, 3.63) is 41.6 Å². The summed E-state index contributed by atoms with van der Waals surface area (Å²) in [5.74, 6) is 1.92. The van der Waals surface area contributed by atoms with Gasteiger partial charge in [-0.15, -0.1) is 11.8 Å². The average molecular weight is 303 g/mol. The molecule has 1 aliphatic rings. The van der Waals surface area contributed by atoms with E-state index in [4.69, 9.17) is 4.74 Å². The van der Waals surface area contributed by atoms with Gasteiger partial charge in [0.15, 0.2) is 0 Å². The van der Waals surface area contributed by atoms with Crippen LogP contribution in [-0.2, 0) is 4.79 Å². The van der Waals surface area contributed by atoms with Gasteiger partial charge in [0.05, 0.1) is 23.3 Å². The lowest BCUT2D eigenvalue weighted by molar-refractivity contribution is -0.113. The molecule has 0 unspecified atom stereocenters. The number of carbonyl (C=O) groups excluding carboxylic acids is 1. The highest BCUT2D eigenvalue weighted by Gasteiger charge is 2.27. The molecule has 0 aliphatic carbocycles. The molecule has 0 bridgehead atoms. The fourth-order valence-electron chi connectivity index (χ4n) is 2.33. The van der Waals surface area contributed by atoms with Crippen LogP contribution in [0.2, 0.25) is 0 Å². The Bertz CT molecular complexity index is 654. The number of fused-ring (bicyclic) bond motifs is 1. The molecule has 1 amide bonds. The van der Waals surface area contributed by atoms with Crippen molar-refractivity contribution in [2.24, 2.45) is 0 Å². The number of rotatable bonds is 3. The summed E-state index contributed by atoms with van der Waals surface area (Å²) >= 11 is 1.58. The SMILES string of the molecule is CC(C)Oc1ccccc1[C@@H]1SCC(=O)Nc2[nH]ncc21. The van der Waals surface area contributed by atoms with Crippen LogP contribution in [0.25, 0.3) is 0 Å². The summed E-state index contributed by atoms with van der Waals surface area (Å²) in [6, 6.07) is 7.96. The van der Waals surface area contributed by atoms with E-state index in [-0.39, 0.29) is 17.3 Å². The Kier molecular flexibility index (Phi) is 3.88.